The van der Waals surface area contributed by atoms with Crippen molar-refractivity contribution in [1.29, 1.82) is 0 Å². The highest BCUT2D eigenvalue weighted by Gasteiger charge is 2.20. The number of carbonyl (C=O) groups is 1. The minimum Gasteiger partial charge on any atom is -0.360 e. The molecule has 2 nitrogen and oxygen atoms in total. The van der Waals surface area contributed by atoms with Gasteiger partial charge in [0.15, 0.2) is 5.78 Å². The van der Waals surface area contributed by atoms with Crippen LogP contribution in [0.4, 0.5) is 4.39 Å². The Kier molecular flexibility index (Phi) is 3.13. The number of rotatable bonds is 2. The second kappa shape index (κ2) is 4.85. The topological polar surface area (TPSA) is 32.9 Å². The molecule has 1 N–H and O–H groups in total. The summed E-state index contributed by atoms with van der Waals surface area (Å²) in [7, 11) is 0. The largest absolute Gasteiger partial charge is 0.360 e. The van der Waals surface area contributed by atoms with Gasteiger partial charge in [0.1, 0.15) is 5.82 Å². The third-order valence-corrected chi connectivity index (χ3v) is 3.80. The number of aromatic amines is 1. The van der Waals surface area contributed by atoms with Gasteiger partial charge in [-0.05, 0) is 44.0 Å². The lowest BCUT2D eigenvalue weighted by Gasteiger charge is -2.10. The molecule has 0 amide bonds. The maximum absolute atomic E-state index is 14.0. The van der Waals surface area contributed by atoms with Crippen molar-refractivity contribution in [2.24, 2.45) is 0 Å². The average Bonchev–Trinajstić information content (AvgIpc) is 2.82. The Morgan fingerprint density at radius 1 is 1.10 bits per heavy atom. The van der Waals surface area contributed by atoms with Crippen LogP contribution in [-0.4, -0.2) is 10.8 Å². The highest BCUT2D eigenvalue weighted by molar-refractivity contribution is 6.17. The summed E-state index contributed by atoms with van der Waals surface area (Å²) in [5, 5.41) is 0.363. The molecule has 1 aromatic heterocycles. The molecule has 0 aliphatic carbocycles. The number of halogens is 1. The Hall–Kier alpha value is -2.42. The van der Waals surface area contributed by atoms with Crippen LogP contribution in [-0.2, 0) is 0 Å². The molecule has 3 heteroatoms. The van der Waals surface area contributed by atoms with E-state index in [0.29, 0.717) is 22.0 Å². The van der Waals surface area contributed by atoms with E-state index in [0.717, 1.165) is 16.7 Å². The maximum Gasteiger partial charge on any atom is 0.195 e. The first-order chi connectivity index (χ1) is 9.99. The molecule has 0 spiro atoms. The van der Waals surface area contributed by atoms with Crippen molar-refractivity contribution in [1.82, 2.24) is 4.98 Å². The molecule has 1 heterocycles. The fourth-order valence-electron chi connectivity index (χ4n) is 2.99. The lowest BCUT2D eigenvalue weighted by Crippen LogP contribution is -2.06. The smallest absolute Gasteiger partial charge is 0.195 e. The molecule has 0 fully saturated rings. The Labute approximate surface area is 122 Å². The van der Waals surface area contributed by atoms with Gasteiger partial charge in [0, 0.05) is 22.7 Å². The molecule has 0 atom stereocenters. The second-order valence-electron chi connectivity index (χ2n) is 5.47. The summed E-state index contributed by atoms with van der Waals surface area (Å²) >= 11 is 0. The molecular weight excluding hydrogens is 265 g/mol. The van der Waals surface area contributed by atoms with Gasteiger partial charge in [0.2, 0.25) is 0 Å². The number of hydrogen-bond donors (Lipinski definition) is 1. The third-order valence-electron chi connectivity index (χ3n) is 3.80. The van der Waals surface area contributed by atoms with Gasteiger partial charge in [-0.15, -0.1) is 0 Å². The quantitative estimate of drug-likeness (QED) is 0.691. The van der Waals surface area contributed by atoms with Gasteiger partial charge in [0.25, 0.3) is 0 Å². The molecule has 106 valence electrons. The standard InChI is InChI=1S/C18H16FNO/c1-10-7-11(2)16(12(3)8-10)18(21)13-9-20-15-6-4-5-14(19)17(13)15/h4-9,20H,1-3H3. The predicted molar refractivity (Wildman–Crippen MR) is 82.3 cm³/mol. The molecule has 0 saturated heterocycles. The SMILES string of the molecule is Cc1cc(C)c(C(=O)c2c[nH]c3cccc(F)c23)c(C)c1. The van der Waals surface area contributed by atoms with E-state index < -0.39 is 0 Å². The van der Waals surface area contributed by atoms with E-state index in [1.807, 2.05) is 32.9 Å². The number of benzene rings is 2. The molecular formula is C18H16FNO. The number of carbonyl (C=O) groups excluding carboxylic acids is 1. The molecule has 0 bridgehead atoms. The van der Waals surface area contributed by atoms with Crippen LogP contribution >= 0.6 is 0 Å². The number of ketones is 1. The monoisotopic (exact) mass is 281 g/mol. The first-order valence-corrected chi connectivity index (χ1v) is 6.87. The van der Waals surface area contributed by atoms with Gasteiger partial charge < -0.3 is 4.98 Å². The second-order valence-corrected chi connectivity index (χ2v) is 5.47. The highest BCUT2D eigenvalue weighted by atomic mass is 19.1. The maximum atomic E-state index is 14.0. The Bertz CT molecular complexity index is 838. The normalized spacial score (nSPS) is 11.0. The first kappa shape index (κ1) is 13.6. The van der Waals surface area contributed by atoms with Crippen LogP contribution in [0.25, 0.3) is 10.9 Å². The van der Waals surface area contributed by atoms with Crippen molar-refractivity contribution in [2.75, 3.05) is 0 Å². The van der Waals surface area contributed by atoms with Crippen LogP contribution in [0.3, 0.4) is 0 Å². The van der Waals surface area contributed by atoms with E-state index in [9.17, 15) is 9.18 Å². The van der Waals surface area contributed by atoms with E-state index in [-0.39, 0.29) is 11.6 Å². The van der Waals surface area contributed by atoms with Crippen LogP contribution in [0.1, 0.15) is 32.6 Å². The van der Waals surface area contributed by atoms with E-state index >= 15 is 0 Å². The summed E-state index contributed by atoms with van der Waals surface area (Å²) in [6.07, 6.45) is 1.59. The van der Waals surface area contributed by atoms with Crippen LogP contribution in [0.2, 0.25) is 0 Å². The zero-order valence-corrected chi connectivity index (χ0v) is 12.3. The van der Waals surface area contributed by atoms with Crippen LogP contribution in [0, 0.1) is 26.6 Å². The van der Waals surface area contributed by atoms with Gasteiger partial charge in [-0.3, -0.25) is 4.79 Å². The summed E-state index contributed by atoms with van der Waals surface area (Å²) in [5.41, 5.74) is 4.64. The average molecular weight is 281 g/mol. The lowest BCUT2D eigenvalue weighted by molar-refractivity contribution is 0.103. The summed E-state index contributed by atoms with van der Waals surface area (Å²) in [4.78, 5) is 15.8. The van der Waals surface area contributed by atoms with E-state index in [4.69, 9.17) is 0 Å². The van der Waals surface area contributed by atoms with Crippen molar-refractivity contribution in [2.45, 2.75) is 20.8 Å². The van der Waals surface area contributed by atoms with Crippen LogP contribution in [0.15, 0.2) is 36.5 Å². The van der Waals surface area contributed by atoms with Gasteiger partial charge in [-0.1, -0.05) is 23.8 Å². The van der Waals surface area contributed by atoms with Crippen molar-refractivity contribution in [3.05, 3.63) is 70.2 Å². The minimum absolute atomic E-state index is 0.138. The van der Waals surface area contributed by atoms with Crippen molar-refractivity contribution in [3.63, 3.8) is 0 Å². The number of fused-ring (bicyclic) bond motifs is 1. The van der Waals surface area contributed by atoms with Crippen molar-refractivity contribution >= 4 is 16.7 Å². The zero-order valence-electron chi connectivity index (χ0n) is 12.3. The molecule has 21 heavy (non-hydrogen) atoms. The van der Waals surface area contributed by atoms with Gasteiger partial charge >= 0.3 is 0 Å². The van der Waals surface area contributed by atoms with Gasteiger partial charge in [-0.2, -0.15) is 0 Å². The molecule has 0 aliphatic heterocycles. The van der Waals surface area contributed by atoms with E-state index in [1.165, 1.54) is 6.07 Å². The molecule has 3 rings (SSSR count). The highest BCUT2D eigenvalue weighted by Crippen LogP contribution is 2.26. The Morgan fingerprint density at radius 2 is 1.76 bits per heavy atom. The fourth-order valence-corrected chi connectivity index (χ4v) is 2.99. The molecule has 0 aliphatic rings. The summed E-state index contributed by atoms with van der Waals surface area (Å²) in [6, 6.07) is 8.73. The Morgan fingerprint density at radius 3 is 2.43 bits per heavy atom. The predicted octanol–water partition coefficient (Wildman–Crippen LogP) is 4.46. The number of H-pyrrole nitrogens is 1. The number of aryl methyl sites for hydroxylation is 3. The summed E-state index contributed by atoms with van der Waals surface area (Å²) in [5.74, 6) is -0.513. The molecule has 0 radical (unpaired) electrons. The third kappa shape index (κ3) is 2.15. The van der Waals surface area contributed by atoms with E-state index in [1.54, 1.807) is 18.3 Å². The molecule has 3 aromatic rings. The summed E-state index contributed by atoms with van der Waals surface area (Å²) < 4.78 is 14.0. The van der Waals surface area contributed by atoms with Gasteiger partial charge in [-0.25, -0.2) is 4.39 Å². The molecule has 0 saturated carbocycles. The van der Waals surface area contributed by atoms with Gasteiger partial charge in [0.05, 0.1) is 5.56 Å². The fraction of sp³-hybridized carbons (Fsp3) is 0.167. The van der Waals surface area contributed by atoms with Crippen LogP contribution < -0.4 is 0 Å². The molecule has 0 unspecified atom stereocenters. The lowest BCUT2D eigenvalue weighted by atomic mass is 9.93. The minimum atomic E-state index is -0.375. The Balaban J connectivity index is 2.23. The van der Waals surface area contributed by atoms with Crippen molar-refractivity contribution in [3.8, 4) is 0 Å². The first-order valence-electron chi connectivity index (χ1n) is 6.87. The van der Waals surface area contributed by atoms with E-state index in [2.05, 4.69) is 4.98 Å². The number of nitrogens with one attached hydrogen (secondary N) is 1. The molecule has 2 aromatic carbocycles. The number of hydrogen-bond acceptors (Lipinski definition) is 1. The zero-order chi connectivity index (χ0) is 15.1. The van der Waals surface area contributed by atoms with Crippen LogP contribution in [0.5, 0.6) is 0 Å². The summed E-state index contributed by atoms with van der Waals surface area (Å²) in [6.45, 7) is 5.83. The van der Waals surface area contributed by atoms with Crippen molar-refractivity contribution < 1.29 is 9.18 Å². The number of aromatic nitrogens is 1.